The van der Waals surface area contributed by atoms with Gasteiger partial charge in [-0.2, -0.15) is 0 Å². The Hall–Kier alpha value is -6.57. The van der Waals surface area contributed by atoms with Gasteiger partial charge in [-0.1, -0.05) is 127 Å². The first kappa shape index (κ1) is 28.4. The summed E-state index contributed by atoms with van der Waals surface area (Å²) >= 11 is 1.74. The van der Waals surface area contributed by atoms with Crippen molar-refractivity contribution >= 4 is 53.6 Å². The number of aromatic nitrogens is 5. The Labute approximate surface area is 290 Å². The summed E-state index contributed by atoms with van der Waals surface area (Å²) in [6.07, 6.45) is 0. The molecule has 0 bridgehead atoms. The van der Waals surface area contributed by atoms with Crippen LogP contribution in [-0.4, -0.2) is 24.9 Å². The lowest BCUT2D eigenvalue weighted by atomic mass is 10.0. The number of rotatable bonds is 5. The van der Waals surface area contributed by atoms with Crippen molar-refractivity contribution in [1.82, 2.24) is 24.9 Å². The SMILES string of the molecule is c1ccc(-c2nc(-c3ccccc3)nc(-c3cccc4sc5cc(-c6nc(-c7ccccc7)c7oc8ccccc8c7n6)ccc5c34)n2)cc1. The molecular formula is C43H25N5OS. The number of para-hydroxylation sites is 1. The van der Waals surface area contributed by atoms with Gasteiger partial charge in [-0.25, -0.2) is 24.9 Å². The zero-order chi connectivity index (χ0) is 33.0. The number of fused-ring (bicyclic) bond motifs is 6. The highest BCUT2D eigenvalue weighted by Crippen LogP contribution is 2.42. The molecule has 0 N–H and O–H groups in total. The summed E-state index contributed by atoms with van der Waals surface area (Å²) < 4.78 is 8.61. The first-order valence-corrected chi connectivity index (χ1v) is 17.2. The number of benzene rings is 6. The molecule has 6 nitrogen and oxygen atoms in total. The summed E-state index contributed by atoms with van der Waals surface area (Å²) in [4.78, 5) is 25.2. The molecule has 0 fully saturated rings. The average molecular weight is 660 g/mol. The standard InChI is InChI=1S/C43H25N5OS/c1-4-13-26(14-5-1)37-39-38(30-19-10-11-21-33(30)49-39)45-42(44-37)29-23-24-31-35(25-29)50-34-22-12-20-32(36(31)34)43-47-40(27-15-6-2-7-16-27)46-41(48-43)28-17-8-3-9-18-28/h1-25H. The fourth-order valence-corrected chi connectivity index (χ4v) is 7.76. The van der Waals surface area contributed by atoms with E-state index in [-0.39, 0.29) is 0 Å². The Morgan fingerprint density at radius 1 is 0.420 bits per heavy atom. The molecule has 0 unspecified atom stereocenters. The minimum absolute atomic E-state index is 0.639. The molecule has 0 spiro atoms. The number of hydrogen-bond donors (Lipinski definition) is 0. The molecule has 234 valence electrons. The van der Waals surface area contributed by atoms with Crippen LogP contribution in [-0.2, 0) is 0 Å². The second-order valence-corrected chi connectivity index (χ2v) is 13.2. The summed E-state index contributed by atoms with van der Waals surface area (Å²) in [7, 11) is 0. The predicted octanol–water partition coefficient (Wildman–Crippen LogP) is 11.3. The van der Waals surface area contributed by atoms with E-state index in [1.165, 1.54) is 0 Å². The molecule has 4 aromatic heterocycles. The Balaban J connectivity index is 1.16. The van der Waals surface area contributed by atoms with Crippen LogP contribution in [0.15, 0.2) is 156 Å². The van der Waals surface area contributed by atoms with Crippen molar-refractivity contribution in [1.29, 1.82) is 0 Å². The summed E-state index contributed by atoms with van der Waals surface area (Å²) in [5.41, 5.74) is 7.84. The lowest BCUT2D eigenvalue weighted by molar-refractivity contribution is 0.667. The molecule has 7 heteroatoms. The van der Waals surface area contributed by atoms with Gasteiger partial charge in [0.2, 0.25) is 0 Å². The van der Waals surface area contributed by atoms with Crippen molar-refractivity contribution in [3.05, 3.63) is 152 Å². The lowest BCUT2D eigenvalue weighted by Crippen LogP contribution is -2.00. The van der Waals surface area contributed by atoms with Crippen LogP contribution in [0.2, 0.25) is 0 Å². The molecule has 10 aromatic rings. The van der Waals surface area contributed by atoms with Crippen molar-refractivity contribution in [3.8, 4) is 56.8 Å². The van der Waals surface area contributed by atoms with Gasteiger partial charge in [0.15, 0.2) is 28.9 Å². The second-order valence-electron chi connectivity index (χ2n) is 12.1. The fourth-order valence-electron chi connectivity index (χ4n) is 6.59. The Bertz CT molecular complexity index is 2810. The topological polar surface area (TPSA) is 77.6 Å². The van der Waals surface area contributed by atoms with E-state index in [9.17, 15) is 0 Å². The zero-order valence-electron chi connectivity index (χ0n) is 26.5. The van der Waals surface area contributed by atoms with Crippen molar-refractivity contribution in [2.45, 2.75) is 0 Å². The van der Waals surface area contributed by atoms with E-state index in [0.717, 1.165) is 70.2 Å². The predicted molar refractivity (Wildman–Crippen MR) is 203 cm³/mol. The van der Waals surface area contributed by atoms with Crippen LogP contribution in [0, 0.1) is 0 Å². The van der Waals surface area contributed by atoms with Crippen LogP contribution in [0.3, 0.4) is 0 Å². The molecule has 0 atom stereocenters. The van der Waals surface area contributed by atoms with Crippen molar-refractivity contribution in [3.63, 3.8) is 0 Å². The summed E-state index contributed by atoms with van der Waals surface area (Å²) in [5, 5.41) is 3.22. The molecule has 0 saturated heterocycles. The van der Waals surface area contributed by atoms with Gasteiger partial charge in [-0.3, -0.25) is 0 Å². The highest BCUT2D eigenvalue weighted by atomic mass is 32.1. The largest absolute Gasteiger partial charge is 0.452 e. The Morgan fingerprint density at radius 2 is 1.04 bits per heavy atom. The number of thiophene rings is 1. The normalized spacial score (nSPS) is 11.6. The van der Waals surface area contributed by atoms with Crippen LogP contribution >= 0.6 is 11.3 Å². The van der Waals surface area contributed by atoms with E-state index in [2.05, 4.69) is 54.6 Å². The van der Waals surface area contributed by atoms with Crippen molar-refractivity contribution in [2.75, 3.05) is 0 Å². The second kappa shape index (κ2) is 11.5. The van der Waals surface area contributed by atoms with Crippen molar-refractivity contribution in [2.24, 2.45) is 0 Å². The van der Waals surface area contributed by atoms with Crippen LogP contribution in [0.5, 0.6) is 0 Å². The molecule has 0 aliphatic heterocycles. The van der Waals surface area contributed by atoms with E-state index < -0.39 is 0 Å². The van der Waals surface area contributed by atoms with Crippen molar-refractivity contribution < 1.29 is 4.42 Å². The van der Waals surface area contributed by atoms with E-state index >= 15 is 0 Å². The summed E-state index contributed by atoms with van der Waals surface area (Å²) in [6, 6.07) is 51.2. The van der Waals surface area contributed by atoms with Crippen LogP contribution in [0.25, 0.3) is 99.1 Å². The fraction of sp³-hybridized carbons (Fsp3) is 0. The van der Waals surface area contributed by atoms with E-state index in [1.807, 2.05) is 97.1 Å². The molecule has 50 heavy (non-hydrogen) atoms. The van der Waals surface area contributed by atoms with Gasteiger partial charge in [0.25, 0.3) is 0 Å². The lowest BCUT2D eigenvalue weighted by Gasteiger charge is -2.09. The third kappa shape index (κ3) is 4.75. The average Bonchev–Trinajstić information content (AvgIpc) is 3.76. The maximum absolute atomic E-state index is 6.33. The van der Waals surface area contributed by atoms with Gasteiger partial charge in [0.1, 0.15) is 16.8 Å². The minimum Gasteiger partial charge on any atom is -0.452 e. The molecular weight excluding hydrogens is 635 g/mol. The maximum atomic E-state index is 6.33. The van der Waals surface area contributed by atoms with Gasteiger partial charge in [0.05, 0.1) is 0 Å². The Morgan fingerprint density at radius 3 is 1.76 bits per heavy atom. The highest BCUT2D eigenvalue weighted by molar-refractivity contribution is 7.26. The molecule has 6 aromatic carbocycles. The van der Waals surface area contributed by atoms with E-state index in [4.69, 9.17) is 29.3 Å². The molecule has 0 saturated carbocycles. The smallest absolute Gasteiger partial charge is 0.180 e. The zero-order valence-corrected chi connectivity index (χ0v) is 27.3. The van der Waals surface area contributed by atoms with Gasteiger partial charge in [-0.05, 0) is 24.3 Å². The van der Waals surface area contributed by atoms with Gasteiger partial charge >= 0.3 is 0 Å². The van der Waals surface area contributed by atoms with Crippen LogP contribution < -0.4 is 0 Å². The molecule has 10 rings (SSSR count). The third-order valence-electron chi connectivity index (χ3n) is 8.96. The number of hydrogen-bond acceptors (Lipinski definition) is 7. The monoisotopic (exact) mass is 659 g/mol. The first-order valence-electron chi connectivity index (χ1n) is 16.3. The highest BCUT2D eigenvalue weighted by Gasteiger charge is 2.20. The van der Waals surface area contributed by atoms with E-state index in [0.29, 0.717) is 28.9 Å². The molecule has 0 aliphatic carbocycles. The van der Waals surface area contributed by atoms with Gasteiger partial charge < -0.3 is 4.42 Å². The Kier molecular flexibility index (Phi) is 6.57. The van der Waals surface area contributed by atoms with Gasteiger partial charge in [0, 0.05) is 53.4 Å². The van der Waals surface area contributed by atoms with Crippen LogP contribution in [0.4, 0.5) is 0 Å². The first-order chi connectivity index (χ1) is 24.8. The van der Waals surface area contributed by atoms with Crippen LogP contribution in [0.1, 0.15) is 0 Å². The molecule has 0 aliphatic rings. The summed E-state index contributed by atoms with van der Waals surface area (Å²) in [5.74, 6) is 2.57. The molecule has 0 amide bonds. The number of furan rings is 1. The van der Waals surface area contributed by atoms with E-state index in [1.54, 1.807) is 11.3 Å². The minimum atomic E-state index is 0.639. The number of nitrogens with zero attached hydrogens (tertiary/aromatic N) is 5. The maximum Gasteiger partial charge on any atom is 0.180 e. The quantitative estimate of drug-likeness (QED) is 0.183. The summed E-state index contributed by atoms with van der Waals surface area (Å²) in [6.45, 7) is 0. The molecule has 4 heterocycles. The third-order valence-corrected chi connectivity index (χ3v) is 10.1. The molecule has 0 radical (unpaired) electrons. The van der Waals surface area contributed by atoms with Gasteiger partial charge in [-0.15, -0.1) is 11.3 Å².